The van der Waals surface area contributed by atoms with Gasteiger partial charge in [0.05, 0.1) is 5.69 Å². The Morgan fingerprint density at radius 2 is 2.16 bits per heavy atom. The molecule has 1 N–H and O–H groups in total. The highest BCUT2D eigenvalue weighted by Gasteiger charge is 2.28. The molecule has 0 spiro atoms. The van der Waals surface area contributed by atoms with Crippen LogP contribution in [-0.4, -0.2) is 25.2 Å². The Labute approximate surface area is 133 Å². The highest BCUT2D eigenvalue weighted by atomic mass is 79.9. The van der Waals surface area contributed by atoms with Crippen molar-refractivity contribution in [3.63, 3.8) is 0 Å². The first-order valence-electron chi connectivity index (χ1n) is 6.98. The highest BCUT2D eigenvalue weighted by molar-refractivity contribution is 9.11. The van der Waals surface area contributed by atoms with Crippen molar-refractivity contribution in [3.05, 3.63) is 27.1 Å². The van der Waals surface area contributed by atoms with Crippen LogP contribution in [0.3, 0.4) is 0 Å². The summed E-state index contributed by atoms with van der Waals surface area (Å²) in [6.07, 6.45) is 1.22. The average Bonchev–Trinajstić information content (AvgIpc) is 2.41. The van der Waals surface area contributed by atoms with E-state index < -0.39 is 0 Å². The Kier molecular flexibility index (Phi) is 5.32. The van der Waals surface area contributed by atoms with E-state index >= 15 is 0 Å². The van der Waals surface area contributed by atoms with Crippen LogP contribution in [0.5, 0.6) is 0 Å². The SMILES string of the molecule is CCC(C)C1CN(c2cc(Br)ccc2Br)C(C)CN1. The predicted molar refractivity (Wildman–Crippen MR) is 89.9 cm³/mol. The first-order chi connectivity index (χ1) is 9.02. The molecule has 0 aliphatic carbocycles. The highest BCUT2D eigenvalue weighted by Crippen LogP contribution is 2.32. The van der Waals surface area contributed by atoms with E-state index in [1.165, 1.54) is 16.6 Å². The molecule has 1 heterocycles. The number of hydrogen-bond donors (Lipinski definition) is 1. The van der Waals surface area contributed by atoms with Crippen molar-refractivity contribution < 1.29 is 0 Å². The molecule has 1 aliphatic rings. The van der Waals surface area contributed by atoms with Crippen LogP contribution in [0.25, 0.3) is 0 Å². The Bertz CT molecular complexity index is 436. The summed E-state index contributed by atoms with van der Waals surface area (Å²) in [5, 5.41) is 3.68. The largest absolute Gasteiger partial charge is 0.365 e. The molecule has 0 radical (unpaired) electrons. The van der Waals surface area contributed by atoms with Crippen LogP contribution in [-0.2, 0) is 0 Å². The lowest BCUT2D eigenvalue weighted by atomic mass is 9.95. The zero-order chi connectivity index (χ0) is 14.0. The quantitative estimate of drug-likeness (QED) is 0.822. The van der Waals surface area contributed by atoms with Crippen LogP contribution in [0.15, 0.2) is 27.1 Å². The van der Waals surface area contributed by atoms with Gasteiger partial charge in [-0.2, -0.15) is 0 Å². The third-order valence-corrected chi connectivity index (χ3v) is 5.31. The van der Waals surface area contributed by atoms with Crippen molar-refractivity contribution in [2.45, 2.75) is 39.3 Å². The molecule has 106 valence electrons. The number of halogens is 2. The van der Waals surface area contributed by atoms with E-state index in [1.807, 2.05) is 0 Å². The smallest absolute Gasteiger partial charge is 0.0525 e. The maximum Gasteiger partial charge on any atom is 0.0525 e. The Hall–Kier alpha value is -0.0600. The topological polar surface area (TPSA) is 15.3 Å². The van der Waals surface area contributed by atoms with Crippen LogP contribution >= 0.6 is 31.9 Å². The monoisotopic (exact) mass is 388 g/mol. The van der Waals surface area contributed by atoms with Gasteiger partial charge in [-0.15, -0.1) is 0 Å². The van der Waals surface area contributed by atoms with Gasteiger partial charge in [0.25, 0.3) is 0 Å². The molecule has 3 atom stereocenters. The van der Waals surface area contributed by atoms with Crippen LogP contribution in [0.1, 0.15) is 27.2 Å². The van der Waals surface area contributed by atoms with Gasteiger partial charge in [0.15, 0.2) is 0 Å². The van der Waals surface area contributed by atoms with E-state index in [-0.39, 0.29) is 0 Å². The van der Waals surface area contributed by atoms with Crippen LogP contribution in [0, 0.1) is 5.92 Å². The minimum atomic E-state index is 0.519. The molecule has 1 aromatic carbocycles. The van der Waals surface area contributed by atoms with Crippen molar-refractivity contribution >= 4 is 37.5 Å². The van der Waals surface area contributed by atoms with Gasteiger partial charge in [-0.25, -0.2) is 0 Å². The summed E-state index contributed by atoms with van der Waals surface area (Å²) >= 11 is 7.26. The number of rotatable bonds is 3. The second-order valence-corrected chi connectivity index (χ2v) is 7.27. The Morgan fingerprint density at radius 3 is 2.84 bits per heavy atom. The lowest BCUT2D eigenvalue weighted by Crippen LogP contribution is -2.57. The Morgan fingerprint density at radius 1 is 1.42 bits per heavy atom. The van der Waals surface area contributed by atoms with Gasteiger partial charge in [0, 0.05) is 34.1 Å². The minimum Gasteiger partial charge on any atom is -0.365 e. The summed E-state index contributed by atoms with van der Waals surface area (Å²) in [7, 11) is 0. The van der Waals surface area contributed by atoms with Crippen LogP contribution in [0.2, 0.25) is 0 Å². The molecular weight excluding hydrogens is 368 g/mol. The molecule has 4 heteroatoms. The normalized spacial score (nSPS) is 25.4. The molecule has 2 nitrogen and oxygen atoms in total. The van der Waals surface area contributed by atoms with E-state index in [9.17, 15) is 0 Å². The summed E-state index contributed by atoms with van der Waals surface area (Å²) in [5.41, 5.74) is 1.29. The Balaban J connectivity index is 2.23. The first-order valence-corrected chi connectivity index (χ1v) is 8.56. The van der Waals surface area contributed by atoms with Gasteiger partial charge in [0.2, 0.25) is 0 Å². The fourth-order valence-electron chi connectivity index (χ4n) is 2.60. The number of nitrogens with one attached hydrogen (secondary N) is 1. The van der Waals surface area contributed by atoms with E-state index in [2.05, 4.69) is 81.0 Å². The molecule has 1 aromatic rings. The lowest BCUT2D eigenvalue weighted by Gasteiger charge is -2.42. The van der Waals surface area contributed by atoms with Gasteiger partial charge >= 0.3 is 0 Å². The molecule has 1 fully saturated rings. The molecular formula is C15H22Br2N2. The molecule has 3 unspecified atom stereocenters. The van der Waals surface area contributed by atoms with Crippen LogP contribution in [0.4, 0.5) is 5.69 Å². The number of piperazine rings is 1. The second kappa shape index (κ2) is 6.59. The zero-order valence-electron chi connectivity index (χ0n) is 11.8. The number of hydrogen-bond acceptors (Lipinski definition) is 2. The van der Waals surface area contributed by atoms with Gasteiger partial charge in [0.1, 0.15) is 0 Å². The molecule has 19 heavy (non-hydrogen) atoms. The van der Waals surface area contributed by atoms with E-state index in [1.54, 1.807) is 0 Å². The van der Waals surface area contributed by atoms with Crippen molar-refractivity contribution in [3.8, 4) is 0 Å². The summed E-state index contributed by atoms with van der Waals surface area (Å²) in [5.74, 6) is 0.709. The fourth-order valence-corrected chi connectivity index (χ4v) is 3.42. The zero-order valence-corrected chi connectivity index (χ0v) is 15.0. The predicted octanol–water partition coefficient (Wildman–Crippen LogP) is 4.42. The molecule has 1 saturated heterocycles. The van der Waals surface area contributed by atoms with Crippen molar-refractivity contribution in [1.82, 2.24) is 5.32 Å². The van der Waals surface area contributed by atoms with E-state index in [4.69, 9.17) is 0 Å². The van der Waals surface area contributed by atoms with Crippen LogP contribution < -0.4 is 10.2 Å². The summed E-state index contributed by atoms with van der Waals surface area (Å²) in [6.45, 7) is 9.01. The van der Waals surface area contributed by atoms with Gasteiger partial charge in [-0.05, 0) is 47.0 Å². The molecule has 0 bridgehead atoms. The summed E-state index contributed by atoms with van der Waals surface area (Å²) in [4.78, 5) is 2.52. The molecule has 0 amide bonds. The van der Waals surface area contributed by atoms with Crippen molar-refractivity contribution in [2.75, 3.05) is 18.0 Å². The summed E-state index contributed by atoms with van der Waals surface area (Å²) < 4.78 is 2.31. The standard InChI is InChI=1S/C15H22Br2N2/c1-4-10(2)14-9-19(11(3)8-18-14)15-7-12(16)5-6-13(15)17/h5-7,10-11,14,18H,4,8-9H2,1-3H3. The molecule has 2 rings (SSSR count). The number of benzene rings is 1. The third kappa shape index (κ3) is 3.53. The van der Waals surface area contributed by atoms with Gasteiger partial charge < -0.3 is 10.2 Å². The maximum atomic E-state index is 3.68. The van der Waals surface area contributed by atoms with Crippen molar-refractivity contribution in [1.29, 1.82) is 0 Å². The maximum absolute atomic E-state index is 3.68. The van der Waals surface area contributed by atoms with Gasteiger partial charge in [-0.1, -0.05) is 36.2 Å². The molecule has 1 aliphatic heterocycles. The minimum absolute atomic E-state index is 0.519. The number of anilines is 1. The second-order valence-electron chi connectivity index (χ2n) is 5.50. The molecule has 0 saturated carbocycles. The lowest BCUT2D eigenvalue weighted by molar-refractivity contribution is 0.315. The molecule has 0 aromatic heterocycles. The fraction of sp³-hybridized carbons (Fsp3) is 0.600. The third-order valence-electron chi connectivity index (χ3n) is 4.15. The van der Waals surface area contributed by atoms with Gasteiger partial charge in [-0.3, -0.25) is 0 Å². The van der Waals surface area contributed by atoms with Crippen molar-refractivity contribution in [2.24, 2.45) is 5.92 Å². The average molecular weight is 390 g/mol. The summed E-state index contributed by atoms with van der Waals surface area (Å²) in [6, 6.07) is 7.50. The number of nitrogens with zero attached hydrogens (tertiary/aromatic N) is 1. The van der Waals surface area contributed by atoms with E-state index in [0.717, 1.165) is 17.6 Å². The first kappa shape index (κ1) is 15.3. The van der Waals surface area contributed by atoms with E-state index in [0.29, 0.717) is 18.0 Å².